The second-order valence-electron chi connectivity index (χ2n) is 5.48. The van der Waals surface area contributed by atoms with Crippen LogP contribution in [0.4, 0.5) is 0 Å². The fourth-order valence-corrected chi connectivity index (χ4v) is 3.14. The number of ether oxygens (including phenoxy) is 1. The van der Waals surface area contributed by atoms with Gasteiger partial charge in [-0.25, -0.2) is 0 Å². The van der Waals surface area contributed by atoms with Crippen LogP contribution >= 0.6 is 11.8 Å². The van der Waals surface area contributed by atoms with Gasteiger partial charge in [0.1, 0.15) is 5.75 Å². The van der Waals surface area contributed by atoms with Crippen LogP contribution in [-0.2, 0) is 0 Å². The summed E-state index contributed by atoms with van der Waals surface area (Å²) in [6.07, 6.45) is 3.56. The lowest BCUT2D eigenvalue weighted by Crippen LogP contribution is -2.02. The molecular weight excluding hydrogens is 320 g/mol. The maximum atomic E-state index is 5.53. The van der Waals surface area contributed by atoms with Gasteiger partial charge >= 0.3 is 0 Å². The van der Waals surface area contributed by atoms with E-state index >= 15 is 0 Å². The van der Waals surface area contributed by atoms with Crippen molar-refractivity contribution in [1.82, 2.24) is 19.7 Å². The van der Waals surface area contributed by atoms with Crippen molar-refractivity contribution in [3.8, 4) is 22.8 Å². The van der Waals surface area contributed by atoms with Gasteiger partial charge in [-0.05, 0) is 43.3 Å². The van der Waals surface area contributed by atoms with Crippen molar-refractivity contribution in [3.63, 3.8) is 0 Å². The second kappa shape index (κ2) is 7.49. The van der Waals surface area contributed by atoms with E-state index < -0.39 is 0 Å². The fraction of sp³-hybridized carbons (Fsp3) is 0.278. The van der Waals surface area contributed by atoms with E-state index in [9.17, 15) is 0 Å². The minimum atomic E-state index is 0.414. The minimum Gasteiger partial charge on any atom is -0.494 e. The Morgan fingerprint density at radius 2 is 1.92 bits per heavy atom. The van der Waals surface area contributed by atoms with Gasteiger partial charge in [0.15, 0.2) is 11.0 Å². The van der Waals surface area contributed by atoms with E-state index in [-0.39, 0.29) is 0 Å². The lowest BCUT2D eigenvalue weighted by molar-refractivity contribution is 0.340. The maximum absolute atomic E-state index is 5.53. The van der Waals surface area contributed by atoms with Crippen LogP contribution in [0.25, 0.3) is 17.1 Å². The molecule has 0 fully saturated rings. The molecule has 0 aliphatic carbocycles. The summed E-state index contributed by atoms with van der Waals surface area (Å²) in [6.45, 7) is 6.92. The van der Waals surface area contributed by atoms with E-state index in [1.165, 1.54) is 0 Å². The first-order chi connectivity index (χ1) is 11.7. The van der Waals surface area contributed by atoms with Gasteiger partial charge in [-0.2, -0.15) is 0 Å². The Bertz CT molecular complexity index is 785. The first kappa shape index (κ1) is 16.5. The van der Waals surface area contributed by atoms with Crippen LogP contribution in [0.2, 0.25) is 0 Å². The van der Waals surface area contributed by atoms with E-state index in [1.807, 2.05) is 43.3 Å². The Labute approximate surface area is 146 Å². The summed E-state index contributed by atoms with van der Waals surface area (Å²) in [5.74, 6) is 1.64. The number of aromatic nitrogens is 4. The number of hydrogen-bond donors (Lipinski definition) is 0. The molecule has 0 atom stereocenters. The SMILES string of the molecule is CCOc1ccc(-n2c(SC(C)C)nnc2-c2cccnc2)cc1. The Kier molecular flexibility index (Phi) is 5.15. The molecule has 3 aromatic rings. The molecule has 5 nitrogen and oxygen atoms in total. The van der Waals surface area contributed by atoms with Crippen LogP contribution in [0.5, 0.6) is 5.75 Å². The summed E-state index contributed by atoms with van der Waals surface area (Å²) in [5, 5.41) is 10.1. The van der Waals surface area contributed by atoms with Crippen molar-refractivity contribution in [2.75, 3.05) is 6.61 Å². The average molecular weight is 340 g/mol. The summed E-state index contributed by atoms with van der Waals surface area (Å²) >= 11 is 1.69. The summed E-state index contributed by atoms with van der Waals surface area (Å²) in [4.78, 5) is 4.20. The molecule has 0 unspecified atom stereocenters. The predicted octanol–water partition coefficient (Wildman–Crippen LogP) is 4.23. The smallest absolute Gasteiger partial charge is 0.196 e. The first-order valence-corrected chi connectivity index (χ1v) is 8.82. The van der Waals surface area contributed by atoms with Gasteiger partial charge in [-0.15, -0.1) is 10.2 Å². The first-order valence-electron chi connectivity index (χ1n) is 7.94. The highest BCUT2D eigenvalue weighted by molar-refractivity contribution is 7.99. The zero-order chi connectivity index (χ0) is 16.9. The van der Waals surface area contributed by atoms with Crippen LogP contribution in [0.3, 0.4) is 0 Å². The maximum Gasteiger partial charge on any atom is 0.196 e. The molecule has 0 N–H and O–H groups in total. The third-order valence-electron chi connectivity index (χ3n) is 3.30. The lowest BCUT2D eigenvalue weighted by Gasteiger charge is -2.12. The minimum absolute atomic E-state index is 0.414. The van der Waals surface area contributed by atoms with E-state index in [0.29, 0.717) is 11.9 Å². The van der Waals surface area contributed by atoms with Crippen molar-refractivity contribution >= 4 is 11.8 Å². The summed E-state index contributed by atoms with van der Waals surface area (Å²) in [6, 6.07) is 11.9. The number of thioether (sulfide) groups is 1. The molecule has 0 aliphatic heterocycles. The summed E-state index contributed by atoms with van der Waals surface area (Å²) in [5.41, 5.74) is 1.94. The molecule has 2 aromatic heterocycles. The monoisotopic (exact) mass is 340 g/mol. The molecule has 6 heteroatoms. The van der Waals surface area contributed by atoms with Gasteiger partial charge in [-0.3, -0.25) is 9.55 Å². The highest BCUT2D eigenvalue weighted by atomic mass is 32.2. The molecular formula is C18H20N4OS. The van der Waals surface area contributed by atoms with Gasteiger partial charge in [0.25, 0.3) is 0 Å². The number of rotatable bonds is 6. The van der Waals surface area contributed by atoms with Crippen molar-refractivity contribution < 1.29 is 4.74 Å². The quantitative estimate of drug-likeness (QED) is 0.629. The van der Waals surface area contributed by atoms with Gasteiger partial charge in [-0.1, -0.05) is 25.6 Å². The number of pyridine rings is 1. The Hall–Kier alpha value is -2.34. The van der Waals surface area contributed by atoms with Gasteiger partial charge in [0, 0.05) is 28.9 Å². The topological polar surface area (TPSA) is 52.8 Å². The summed E-state index contributed by atoms with van der Waals surface area (Å²) < 4.78 is 7.60. The third-order valence-corrected chi connectivity index (χ3v) is 4.25. The standard InChI is InChI=1S/C18H20N4OS/c1-4-23-16-9-7-15(8-10-16)22-17(14-6-5-11-19-12-14)20-21-18(22)24-13(2)3/h5-13H,4H2,1-3H3. The largest absolute Gasteiger partial charge is 0.494 e. The van der Waals surface area contributed by atoms with Gasteiger partial charge in [0.2, 0.25) is 0 Å². The molecule has 1 aromatic carbocycles. The molecule has 0 saturated heterocycles. The van der Waals surface area contributed by atoms with Crippen LogP contribution in [0.15, 0.2) is 53.9 Å². The van der Waals surface area contributed by atoms with Crippen molar-refractivity contribution in [3.05, 3.63) is 48.8 Å². The van der Waals surface area contributed by atoms with Crippen LogP contribution in [-0.4, -0.2) is 31.6 Å². The fourth-order valence-electron chi connectivity index (χ4n) is 2.33. The van der Waals surface area contributed by atoms with Crippen LogP contribution in [0, 0.1) is 0 Å². The molecule has 3 rings (SSSR count). The van der Waals surface area contributed by atoms with Crippen LogP contribution < -0.4 is 4.74 Å². The zero-order valence-electron chi connectivity index (χ0n) is 14.0. The molecule has 0 amide bonds. The average Bonchev–Trinajstić information content (AvgIpc) is 2.99. The molecule has 0 spiro atoms. The Balaban J connectivity index is 2.07. The molecule has 0 aliphatic rings. The molecule has 0 bridgehead atoms. The normalized spacial score (nSPS) is 11.0. The highest BCUT2D eigenvalue weighted by Gasteiger charge is 2.17. The molecule has 24 heavy (non-hydrogen) atoms. The lowest BCUT2D eigenvalue weighted by atomic mass is 10.2. The van der Waals surface area contributed by atoms with E-state index in [4.69, 9.17) is 4.74 Å². The summed E-state index contributed by atoms with van der Waals surface area (Å²) in [7, 11) is 0. The van der Waals surface area contributed by atoms with Gasteiger partial charge in [0.05, 0.1) is 6.61 Å². The number of nitrogens with zero attached hydrogens (tertiary/aromatic N) is 4. The van der Waals surface area contributed by atoms with Crippen molar-refractivity contribution in [1.29, 1.82) is 0 Å². The Morgan fingerprint density at radius 1 is 1.12 bits per heavy atom. The number of hydrogen-bond acceptors (Lipinski definition) is 5. The predicted molar refractivity (Wildman–Crippen MR) is 96.8 cm³/mol. The molecule has 0 radical (unpaired) electrons. The molecule has 2 heterocycles. The zero-order valence-corrected chi connectivity index (χ0v) is 14.8. The molecule has 0 saturated carbocycles. The van der Waals surface area contributed by atoms with E-state index in [0.717, 1.165) is 28.0 Å². The molecule has 124 valence electrons. The van der Waals surface area contributed by atoms with Gasteiger partial charge < -0.3 is 4.74 Å². The Morgan fingerprint density at radius 3 is 2.54 bits per heavy atom. The third kappa shape index (κ3) is 3.59. The number of benzene rings is 1. The van der Waals surface area contributed by atoms with Crippen molar-refractivity contribution in [2.24, 2.45) is 0 Å². The van der Waals surface area contributed by atoms with Crippen LogP contribution in [0.1, 0.15) is 20.8 Å². The van der Waals surface area contributed by atoms with Crippen molar-refractivity contribution in [2.45, 2.75) is 31.2 Å². The van der Waals surface area contributed by atoms with E-state index in [1.54, 1.807) is 24.2 Å². The highest BCUT2D eigenvalue weighted by Crippen LogP contribution is 2.30. The second-order valence-corrected chi connectivity index (χ2v) is 7.02. The van der Waals surface area contributed by atoms with E-state index in [2.05, 4.69) is 33.6 Å².